The van der Waals surface area contributed by atoms with Crippen LogP contribution in [0.3, 0.4) is 0 Å². The van der Waals surface area contributed by atoms with E-state index in [0.29, 0.717) is 34.9 Å². The van der Waals surface area contributed by atoms with Gasteiger partial charge >= 0.3 is 6.18 Å². The summed E-state index contributed by atoms with van der Waals surface area (Å²) in [5.41, 5.74) is 0.804. The van der Waals surface area contributed by atoms with Crippen molar-refractivity contribution in [1.29, 1.82) is 0 Å². The molecule has 0 fully saturated rings. The summed E-state index contributed by atoms with van der Waals surface area (Å²) in [6.45, 7) is 0.343. The first kappa shape index (κ1) is 20.5. The summed E-state index contributed by atoms with van der Waals surface area (Å²) in [5, 5.41) is 12.8. The van der Waals surface area contributed by atoms with Crippen LogP contribution in [0.1, 0.15) is 5.56 Å². The molecular formula is C22H17F3N4O2. The fourth-order valence-electron chi connectivity index (χ4n) is 2.98. The fraction of sp³-hybridized carbons (Fsp3) is 0.136. The molecular weight excluding hydrogens is 409 g/mol. The molecule has 4 rings (SSSR count). The molecule has 2 heterocycles. The maximum atomic E-state index is 12.8. The van der Waals surface area contributed by atoms with E-state index in [1.807, 2.05) is 18.2 Å². The van der Waals surface area contributed by atoms with Crippen molar-refractivity contribution in [3.8, 4) is 22.9 Å². The first-order valence-corrected chi connectivity index (χ1v) is 9.36. The largest absolute Gasteiger partial charge is 0.437 e. The van der Waals surface area contributed by atoms with Crippen molar-refractivity contribution in [2.45, 2.75) is 6.18 Å². The van der Waals surface area contributed by atoms with E-state index < -0.39 is 11.7 Å². The molecule has 2 aromatic carbocycles. The summed E-state index contributed by atoms with van der Waals surface area (Å²) >= 11 is 0. The minimum atomic E-state index is -4.40. The van der Waals surface area contributed by atoms with E-state index >= 15 is 0 Å². The molecule has 2 aromatic heterocycles. The Bertz CT molecular complexity index is 1200. The zero-order valence-electron chi connectivity index (χ0n) is 16.1. The van der Waals surface area contributed by atoms with Gasteiger partial charge in [0.05, 0.1) is 17.9 Å². The van der Waals surface area contributed by atoms with Gasteiger partial charge in [-0.1, -0.05) is 24.3 Å². The summed E-state index contributed by atoms with van der Waals surface area (Å²) in [5.74, 6) is 1.28. The van der Waals surface area contributed by atoms with Crippen molar-refractivity contribution in [3.05, 3.63) is 72.6 Å². The molecule has 158 valence electrons. The number of aromatic nitrogens is 3. The number of benzene rings is 2. The third-order valence-electron chi connectivity index (χ3n) is 4.47. The predicted molar refractivity (Wildman–Crippen MR) is 110 cm³/mol. The van der Waals surface area contributed by atoms with E-state index in [4.69, 9.17) is 9.84 Å². The normalized spacial score (nSPS) is 11.5. The number of aliphatic hydroxyl groups excluding tert-OH is 1. The number of pyridine rings is 1. The molecule has 31 heavy (non-hydrogen) atoms. The van der Waals surface area contributed by atoms with E-state index in [1.54, 1.807) is 18.2 Å². The molecule has 0 bridgehead atoms. The van der Waals surface area contributed by atoms with Gasteiger partial charge < -0.3 is 15.2 Å². The lowest BCUT2D eigenvalue weighted by molar-refractivity contribution is -0.137. The van der Waals surface area contributed by atoms with Gasteiger partial charge in [-0.2, -0.15) is 13.2 Å². The van der Waals surface area contributed by atoms with Gasteiger partial charge in [0.15, 0.2) is 5.75 Å². The van der Waals surface area contributed by atoms with Crippen molar-refractivity contribution >= 4 is 16.7 Å². The number of fused-ring (bicyclic) bond motifs is 1. The average Bonchev–Trinajstić information content (AvgIpc) is 2.78. The molecule has 2 N–H and O–H groups in total. The highest BCUT2D eigenvalue weighted by Crippen LogP contribution is 2.32. The topological polar surface area (TPSA) is 80.2 Å². The Labute approximate surface area is 175 Å². The molecule has 0 radical (unpaired) electrons. The number of aliphatic hydroxyl groups is 1. The molecule has 6 nitrogen and oxygen atoms in total. The number of ether oxygens (including phenoxy) is 1. The maximum Gasteiger partial charge on any atom is 0.416 e. The van der Waals surface area contributed by atoms with Gasteiger partial charge in [-0.15, -0.1) is 0 Å². The number of hydrogen-bond donors (Lipinski definition) is 2. The molecule has 0 aliphatic rings. The highest BCUT2D eigenvalue weighted by molar-refractivity contribution is 5.86. The molecule has 0 saturated heterocycles. The van der Waals surface area contributed by atoms with Crippen LogP contribution in [0.15, 0.2) is 67.0 Å². The van der Waals surface area contributed by atoms with Crippen molar-refractivity contribution in [2.24, 2.45) is 0 Å². The molecule has 0 aliphatic carbocycles. The highest BCUT2D eigenvalue weighted by Gasteiger charge is 2.30. The molecule has 0 amide bonds. The van der Waals surface area contributed by atoms with Crippen LogP contribution in [0.5, 0.6) is 11.6 Å². The van der Waals surface area contributed by atoms with E-state index in [9.17, 15) is 13.2 Å². The van der Waals surface area contributed by atoms with Crippen LogP contribution in [0.4, 0.5) is 19.0 Å². The van der Waals surface area contributed by atoms with E-state index in [2.05, 4.69) is 20.3 Å². The molecule has 0 unspecified atom stereocenters. The molecule has 0 saturated carbocycles. The quantitative estimate of drug-likeness (QED) is 0.456. The van der Waals surface area contributed by atoms with Crippen LogP contribution < -0.4 is 10.1 Å². The van der Waals surface area contributed by atoms with Gasteiger partial charge in [-0.05, 0) is 30.3 Å². The Kier molecular flexibility index (Phi) is 5.68. The first-order chi connectivity index (χ1) is 14.9. The maximum absolute atomic E-state index is 12.8. The Hall–Kier alpha value is -3.72. The first-order valence-electron chi connectivity index (χ1n) is 9.36. The number of para-hydroxylation sites is 1. The summed E-state index contributed by atoms with van der Waals surface area (Å²) in [7, 11) is 0. The fourth-order valence-corrected chi connectivity index (χ4v) is 2.98. The van der Waals surface area contributed by atoms with E-state index in [0.717, 1.165) is 17.5 Å². The predicted octanol–water partition coefficient (Wildman–Crippen LogP) is 4.91. The minimum Gasteiger partial charge on any atom is -0.437 e. The van der Waals surface area contributed by atoms with Gasteiger partial charge in [0.2, 0.25) is 5.88 Å². The number of nitrogens with zero attached hydrogens (tertiary/aromatic N) is 3. The second kappa shape index (κ2) is 8.57. The van der Waals surface area contributed by atoms with Crippen LogP contribution >= 0.6 is 0 Å². The number of nitrogens with one attached hydrogen (secondary N) is 1. The smallest absolute Gasteiger partial charge is 0.416 e. The molecule has 0 atom stereocenters. The van der Waals surface area contributed by atoms with Crippen LogP contribution in [-0.2, 0) is 6.18 Å². The number of alkyl halides is 3. The second-order valence-corrected chi connectivity index (χ2v) is 6.59. The summed E-state index contributed by atoms with van der Waals surface area (Å²) in [4.78, 5) is 12.8. The third kappa shape index (κ3) is 4.72. The minimum absolute atomic E-state index is 0.0223. The van der Waals surface area contributed by atoms with Gasteiger partial charge in [-0.25, -0.2) is 15.0 Å². The lowest BCUT2D eigenvalue weighted by Crippen LogP contribution is -2.06. The molecule has 0 aliphatic heterocycles. The van der Waals surface area contributed by atoms with Gasteiger partial charge in [0.1, 0.15) is 17.7 Å². The van der Waals surface area contributed by atoms with Crippen LogP contribution in [0, 0.1) is 0 Å². The number of anilines is 1. The van der Waals surface area contributed by atoms with Crippen LogP contribution in [0.25, 0.3) is 22.2 Å². The molecule has 9 heteroatoms. The van der Waals surface area contributed by atoms with Gasteiger partial charge in [-0.3, -0.25) is 0 Å². The SMILES string of the molecule is OCCNc1ccc2cccc(Oc3cc(-c4ccc(C(F)(F)F)cc4)ncn3)c2n1. The number of halogens is 3. The lowest BCUT2D eigenvalue weighted by atomic mass is 10.1. The van der Waals surface area contributed by atoms with E-state index in [-0.39, 0.29) is 12.5 Å². The average molecular weight is 426 g/mol. The van der Waals surface area contributed by atoms with Crippen molar-refractivity contribution in [1.82, 2.24) is 15.0 Å². The second-order valence-electron chi connectivity index (χ2n) is 6.59. The zero-order chi connectivity index (χ0) is 21.8. The Morgan fingerprint density at radius 2 is 1.77 bits per heavy atom. The van der Waals surface area contributed by atoms with Crippen molar-refractivity contribution in [3.63, 3.8) is 0 Å². The van der Waals surface area contributed by atoms with Gasteiger partial charge in [0.25, 0.3) is 0 Å². The summed E-state index contributed by atoms with van der Waals surface area (Å²) in [6, 6.07) is 15.4. The highest BCUT2D eigenvalue weighted by atomic mass is 19.4. The Morgan fingerprint density at radius 3 is 2.52 bits per heavy atom. The Balaban J connectivity index is 1.62. The summed E-state index contributed by atoms with van der Waals surface area (Å²) < 4.78 is 44.3. The van der Waals surface area contributed by atoms with Crippen LogP contribution in [-0.4, -0.2) is 33.2 Å². The monoisotopic (exact) mass is 426 g/mol. The number of rotatable bonds is 6. The summed E-state index contributed by atoms with van der Waals surface area (Å²) in [6.07, 6.45) is -3.11. The third-order valence-corrected chi connectivity index (χ3v) is 4.47. The van der Waals surface area contributed by atoms with E-state index in [1.165, 1.54) is 18.5 Å². The van der Waals surface area contributed by atoms with Crippen molar-refractivity contribution in [2.75, 3.05) is 18.5 Å². The van der Waals surface area contributed by atoms with Gasteiger partial charge in [0, 0.05) is 23.6 Å². The molecule has 0 spiro atoms. The number of hydrogen-bond acceptors (Lipinski definition) is 6. The Morgan fingerprint density at radius 1 is 0.968 bits per heavy atom. The zero-order valence-corrected chi connectivity index (χ0v) is 16.1. The van der Waals surface area contributed by atoms with Crippen LogP contribution in [0.2, 0.25) is 0 Å². The lowest BCUT2D eigenvalue weighted by Gasteiger charge is -2.11. The molecule has 4 aromatic rings. The standard InChI is InChI=1S/C22H17F3N4O2/c23-22(24,25)16-7-4-14(5-8-16)17-12-20(28-13-27-17)31-18-3-1-2-15-6-9-19(26-10-11-30)29-21(15)18/h1-9,12-13,30H,10-11H2,(H,26,29). The van der Waals surface area contributed by atoms with Crippen molar-refractivity contribution < 1.29 is 23.0 Å².